The highest BCUT2D eigenvalue weighted by Gasteiger charge is 2.45. The second-order valence-corrected chi connectivity index (χ2v) is 6.91. The standard InChI is InChI=1S/C16H28F3N/c1-12-6-8-13(9-7-12)10-11-20-15-5-3-2-4-14(15)16(17,18)19/h12-15,20H,2-11H2,1H3. The van der Waals surface area contributed by atoms with Crippen LogP contribution in [0.3, 0.4) is 0 Å². The first-order chi connectivity index (χ1) is 9.47. The highest BCUT2D eigenvalue weighted by Crippen LogP contribution is 2.38. The Labute approximate surface area is 120 Å². The van der Waals surface area contributed by atoms with Gasteiger partial charge in [0.05, 0.1) is 5.92 Å². The van der Waals surface area contributed by atoms with Gasteiger partial charge in [0.1, 0.15) is 0 Å². The third kappa shape index (κ3) is 4.64. The molecule has 118 valence electrons. The van der Waals surface area contributed by atoms with Crippen LogP contribution in [0.2, 0.25) is 0 Å². The largest absolute Gasteiger partial charge is 0.393 e. The number of alkyl halides is 3. The van der Waals surface area contributed by atoms with E-state index in [0.717, 1.165) is 37.6 Å². The summed E-state index contributed by atoms with van der Waals surface area (Å²) in [6.07, 6.45) is 4.78. The van der Waals surface area contributed by atoms with Crippen molar-refractivity contribution in [2.75, 3.05) is 6.54 Å². The van der Waals surface area contributed by atoms with Crippen molar-refractivity contribution >= 4 is 0 Å². The van der Waals surface area contributed by atoms with E-state index in [-0.39, 0.29) is 6.04 Å². The van der Waals surface area contributed by atoms with Crippen molar-refractivity contribution in [2.24, 2.45) is 17.8 Å². The predicted octanol–water partition coefficient (Wildman–Crippen LogP) is 4.91. The molecule has 4 heteroatoms. The number of nitrogens with one attached hydrogen (secondary N) is 1. The summed E-state index contributed by atoms with van der Waals surface area (Å²) in [6, 6.07) is -0.341. The molecule has 0 aromatic heterocycles. The lowest BCUT2D eigenvalue weighted by Crippen LogP contribution is -2.46. The molecule has 1 nitrogen and oxygen atoms in total. The molecule has 1 N–H and O–H groups in total. The van der Waals surface area contributed by atoms with Gasteiger partial charge in [0.25, 0.3) is 0 Å². The lowest BCUT2D eigenvalue weighted by Gasteiger charge is -2.34. The second kappa shape index (κ2) is 7.15. The molecule has 2 fully saturated rings. The molecular formula is C16H28F3N. The summed E-state index contributed by atoms with van der Waals surface area (Å²) < 4.78 is 38.9. The summed E-state index contributed by atoms with van der Waals surface area (Å²) >= 11 is 0. The van der Waals surface area contributed by atoms with Crippen LogP contribution in [0.25, 0.3) is 0 Å². The number of halogens is 3. The van der Waals surface area contributed by atoms with Crippen LogP contribution >= 0.6 is 0 Å². The van der Waals surface area contributed by atoms with E-state index in [1.54, 1.807) is 0 Å². The molecule has 20 heavy (non-hydrogen) atoms. The van der Waals surface area contributed by atoms with Crippen LogP contribution < -0.4 is 5.32 Å². The molecule has 0 aromatic rings. The lowest BCUT2D eigenvalue weighted by atomic mass is 9.81. The highest BCUT2D eigenvalue weighted by atomic mass is 19.4. The van der Waals surface area contributed by atoms with E-state index in [0.29, 0.717) is 12.8 Å². The lowest BCUT2D eigenvalue weighted by molar-refractivity contribution is -0.188. The maximum absolute atomic E-state index is 13.0. The third-order valence-electron chi connectivity index (χ3n) is 5.28. The van der Waals surface area contributed by atoms with E-state index in [9.17, 15) is 13.2 Å². The molecule has 0 bridgehead atoms. The number of hydrogen-bond donors (Lipinski definition) is 1. The van der Waals surface area contributed by atoms with Crippen LogP contribution in [0.4, 0.5) is 13.2 Å². The Morgan fingerprint density at radius 2 is 1.60 bits per heavy atom. The van der Waals surface area contributed by atoms with Crippen molar-refractivity contribution < 1.29 is 13.2 Å². The van der Waals surface area contributed by atoms with E-state index in [1.807, 2.05) is 0 Å². The van der Waals surface area contributed by atoms with Crippen molar-refractivity contribution in [1.82, 2.24) is 5.32 Å². The van der Waals surface area contributed by atoms with Gasteiger partial charge in [0.15, 0.2) is 0 Å². The zero-order valence-electron chi connectivity index (χ0n) is 12.5. The smallest absolute Gasteiger partial charge is 0.313 e. The molecule has 2 rings (SSSR count). The summed E-state index contributed by atoms with van der Waals surface area (Å²) in [5.74, 6) is 0.446. The second-order valence-electron chi connectivity index (χ2n) is 6.91. The van der Waals surface area contributed by atoms with Crippen molar-refractivity contribution in [2.45, 2.75) is 76.9 Å². The summed E-state index contributed by atoms with van der Waals surface area (Å²) in [4.78, 5) is 0. The minimum atomic E-state index is -4.03. The quantitative estimate of drug-likeness (QED) is 0.775. The van der Waals surface area contributed by atoms with Gasteiger partial charge >= 0.3 is 6.18 Å². The van der Waals surface area contributed by atoms with Crippen LogP contribution in [0.15, 0.2) is 0 Å². The Morgan fingerprint density at radius 3 is 2.25 bits per heavy atom. The van der Waals surface area contributed by atoms with Gasteiger partial charge in [-0.1, -0.05) is 45.4 Å². The molecular weight excluding hydrogens is 263 g/mol. The Morgan fingerprint density at radius 1 is 0.950 bits per heavy atom. The van der Waals surface area contributed by atoms with Crippen LogP contribution in [0.5, 0.6) is 0 Å². The number of rotatable bonds is 4. The fourth-order valence-corrected chi connectivity index (χ4v) is 3.86. The summed E-state index contributed by atoms with van der Waals surface area (Å²) in [5, 5.41) is 3.22. The van der Waals surface area contributed by atoms with E-state index in [1.165, 1.54) is 25.7 Å². The van der Waals surface area contributed by atoms with Gasteiger partial charge in [-0.25, -0.2) is 0 Å². The van der Waals surface area contributed by atoms with Crippen LogP contribution in [-0.4, -0.2) is 18.8 Å². The van der Waals surface area contributed by atoms with Crippen LogP contribution in [0, 0.1) is 17.8 Å². The first-order valence-corrected chi connectivity index (χ1v) is 8.27. The Balaban J connectivity index is 1.72. The SMILES string of the molecule is CC1CCC(CCNC2CCCCC2C(F)(F)F)CC1. The highest BCUT2D eigenvalue weighted by molar-refractivity contribution is 4.85. The molecule has 2 unspecified atom stereocenters. The average molecular weight is 291 g/mol. The molecule has 0 aromatic carbocycles. The summed E-state index contributed by atoms with van der Waals surface area (Å²) in [5.41, 5.74) is 0. The molecule has 0 spiro atoms. The van der Waals surface area contributed by atoms with Gasteiger partial charge in [-0.05, 0) is 37.6 Å². The van der Waals surface area contributed by atoms with Gasteiger partial charge in [-0.15, -0.1) is 0 Å². The first kappa shape index (κ1) is 16.1. The zero-order valence-corrected chi connectivity index (χ0v) is 12.5. The van der Waals surface area contributed by atoms with Gasteiger partial charge in [-0.2, -0.15) is 13.2 Å². The first-order valence-electron chi connectivity index (χ1n) is 8.27. The summed E-state index contributed by atoms with van der Waals surface area (Å²) in [7, 11) is 0. The molecule has 2 atom stereocenters. The monoisotopic (exact) mass is 291 g/mol. The average Bonchev–Trinajstić information content (AvgIpc) is 2.40. The predicted molar refractivity (Wildman–Crippen MR) is 75.5 cm³/mol. The van der Waals surface area contributed by atoms with Gasteiger partial charge in [0.2, 0.25) is 0 Å². The molecule has 0 saturated heterocycles. The maximum Gasteiger partial charge on any atom is 0.393 e. The van der Waals surface area contributed by atoms with Gasteiger partial charge < -0.3 is 5.32 Å². The Kier molecular flexibility index (Phi) is 5.76. The molecule has 0 amide bonds. The van der Waals surface area contributed by atoms with Gasteiger partial charge in [0, 0.05) is 6.04 Å². The topological polar surface area (TPSA) is 12.0 Å². The minimum absolute atomic E-state index is 0.308. The molecule has 2 aliphatic rings. The number of hydrogen-bond acceptors (Lipinski definition) is 1. The molecule has 0 heterocycles. The fraction of sp³-hybridized carbons (Fsp3) is 1.00. The normalized spacial score (nSPS) is 36.0. The van der Waals surface area contributed by atoms with Gasteiger partial charge in [-0.3, -0.25) is 0 Å². The van der Waals surface area contributed by atoms with E-state index < -0.39 is 12.1 Å². The van der Waals surface area contributed by atoms with Crippen molar-refractivity contribution in [3.8, 4) is 0 Å². The van der Waals surface area contributed by atoms with Crippen molar-refractivity contribution in [1.29, 1.82) is 0 Å². The maximum atomic E-state index is 13.0. The van der Waals surface area contributed by atoms with Crippen LogP contribution in [0.1, 0.15) is 64.7 Å². The van der Waals surface area contributed by atoms with E-state index >= 15 is 0 Å². The third-order valence-corrected chi connectivity index (χ3v) is 5.28. The van der Waals surface area contributed by atoms with Crippen molar-refractivity contribution in [3.05, 3.63) is 0 Å². The zero-order chi connectivity index (χ0) is 14.6. The molecule has 0 radical (unpaired) electrons. The Hall–Kier alpha value is -0.250. The minimum Gasteiger partial charge on any atom is -0.313 e. The van der Waals surface area contributed by atoms with Crippen LogP contribution in [-0.2, 0) is 0 Å². The fourth-order valence-electron chi connectivity index (χ4n) is 3.86. The van der Waals surface area contributed by atoms with E-state index in [2.05, 4.69) is 12.2 Å². The molecule has 2 saturated carbocycles. The van der Waals surface area contributed by atoms with Crippen molar-refractivity contribution in [3.63, 3.8) is 0 Å². The van der Waals surface area contributed by atoms with E-state index in [4.69, 9.17) is 0 Å². The molecule has 2 aliphatic carbocycles. The Bertz CT molecular complexity index is 282. The molecule has 0 aliphatic heterocycles. The summed E-state index contributed by atoms with van der Waals surface area (Å²) in [6.45, 7) is 3.06.